The van der Waals surface area contributed by atoms with E-state index < -0.39 is 0 Å². The van der Waals surface area contributed by atoms with Crippen molar-refractivity contribution in [2.75, 3.05) is 17.7 Å². The Hall–Kier alpha value is -3.62. The first kappa shape index (κ1) is 21.2. The standard InChI is InChI=1S/C23H19Cl2N7O/c1-12-6-4-7-13(2)18(12)28-20-19(29-22-27-8-5-9-32(20)22)17-15(10-14(24)11-16(17)25)21-30-31-23(26-3)33-21/h4-11,28H,1-3H3,(H,26,31). The van der Waals surface area contributed by atoms with E-state index in [-0.39, 0.29) is 11.9 Å². The molecule has 0 fully saturated rings. The Balaban J connectivity index is 1.79. The van der Waals surface area contributed by atoms with Crippen molar-refractivity contribution < 1.29 is 4.42 Å². The van der Waals surface area contributed by atoms with Gasteiger partial charge in [0.15, 0.2) is 0 Å². The minimum atomic E-state index is 0.266. The maximum atomic E-state index is 6.74. The van der Waals surface area contributed by atoms with Crippen LogP contribution in [0.4, 0.5) is 17.5 Å². The van der Waals surface area contributed by atoms with Gasteiger partial charge in [0, 0.05) is 35.7 Å². The second kappa shape index (κ2) is 8.38. The smallest absolute Gasteiger partial charge is 0.315 e. The molecule has 0 bridgehead atoms. The van der Waals surface area contributed by atoms with Gasteiger partial charge < -0.3 is 15.1 Å². The summed E-state index contributed by atoms with van der Waals surface area (Å²) in [7, 11) is 1.70. The molecule has 0 unspecified atom stereocenters. The lowest BCUT2D eigenvalue weighted by Crippen LogP contribution is -2.01. The van der Waals surface area contributed by atoms with Crippen LogP contribution < -0.4 is 10.6 Å². The van der Waals surface area contributed by atoms with Crippen LogP contribution in [-0.2, 0) is 0 Å². The third-order valence-corrected chi connectivity index (χ3v) is 5.81. The number of para-hydroxylation sites is 1. The number of aryl methyl sites for hydroxylation is 2. The van der Waals surface area contributed by atoms with Gasteiger partial charge in [0.1, 0.15) is 11.5 Å². The largest absolute Gasteiger partial charge is 0.403 e. The molecule has 33 heavy (non-hydrogen) atoms. The Bertz CT molecular complexity index is 1470. The molecule has 0 amide bonds. The number of rotatable bonds is 5. The summed E-state index contributed by atoms with van der Waals surface area (Å²) in [4.78, 5) is 9.22. The molecule has 3 heterocycles. The van der Waals surface area contributed by atoms with Crippen molar-refractivity contribution in [1.82, 2.24) is 24.6 Å². The molecule has 0 radical (unpaired) electrons. The minimum Gasteiger partial charge on any atom is -0.403 e. The number of halogens is 2. The van der Waals surface area contributed by atoms with E-state index in [4.69, 9.17) is 32.6 Å². The number of nitrogens with zero attached hydrogens (tertiary/aromatic N) is 5. The predicted molar refractivity (Wildman–Crippen MR) is 130 cm³/mol. The van der Waals surface area contributed by atoms with Gasteiger partial charge >= 0.3 is 6.01 Å². The number of hydrogen-bond donors (Lipinski definition) is 2. The molecular weight excluding hydrogens is 461 g/mol. The number of imidazole rings is 1. The van der Waals surface area contributed by atoms with E-state index >= 15 is 0 Å². The third-order valence-electron chi connectivity index (χ3n) is 5.29. The van der Waals surface area contributed by atoms with Gasteiger partial charge in [-0.25, -0.2) is 9.97 Å². The second-order valence-corrected chi connectivity index (χ2v) is 8.31. The molecule has 0 aliphatic rings. The molecule has 166 valence electrons. The SMILES string of the molecule is CNc1nnc(-c2cc(Cl)cc(Cl)c2-c2nc3ncccn3c2Nc2c(C)cccc2C)o1. The van der Waals surface area contributed by atoms with E-state index in [1.165, 1.54) is 0 Å². The highest BCUT2D eigenvalue weighted by atomic mass is 35.5. The molecule has 0 aliphatic heterocycles. The average Bonchev–Trinajstić information content (AvgIpc) is 3.41. The highest BCUT2D eigenvalue weighted by Gasteiger charge is 2.25. The van der Waals surface area contributed by atoms with Gasteiger partial charge in [-0.1, -0.05) is 46.5 Å². The molecule has 0 atom stereocenters. The number of fused-ring (bicyclic) bond motifs is 1. The summed E-state index contributed by atoms with van der Waals surface area (Å²) in [6.07, 6.45) is 3.58. The highest BCUT2D eigenvalue weighted by molar-refractivity contribution is 6.37. The molecular formula is C23H19Cl2N7O. The van der Waals surface area contributed by atoms with Gasteiger partial charge in [-0.3, -0.25) is 4.40 Å². The molecule has 0 saturated carbocycles. The van der Waals surface area contributed by atoms with E-state index in [2.05, 4.69) is 51.8 Å². The van der Waals surface area contributed by atoms with Crippen LogP contribution in [0.1, 0.15) is 11.1 Å². The molecule has 2 N–H and O–H groups in total. The van der Waals surface area contributed by atoms with Gasteiger partial charge in [0.2, 0.25) is 5.78 Å². The van der Waals surface area contributed by atoms with Crippen molar-refractivity contribution in [3.8, 4) is 22.7 Å². The van der Waals surface area contributed by atoms with Gasteiger partial charge in [-0.2, -0.15) is 0 Å². The molecule has 0 aliphatic carbocycles. The molecule has 3 aromatic heterocycles. The van der Waals surface area contributed by atoms with Gasteiger partial charge in [-0.15, -0.1) is 5.10 Å². The number of nitrogens with one attached hydrogen (secondary N) is 2. The van der Waals surface area contributed by atoms with Gasteiger partial charge in [0.25, 0.3) is 5.89 Å². The number of anilines is 3. The zero-order chi connectivity index (χ0) is 23.1. The molecule has 10 heteroatoms. The predicted octanol–water partition coefficient (Wildman–Crippen LogP) is 6.16. The summed E-state index contributed by atoms with van der Waals surface area (Å²) in [5.74, 6) is 1.48. The van der Waals surface area contributed by atoms with Crippen LogP contribution >= 0.6 is 23.2 Å². The van der Waals surface area contributed by atoms with Crippen LogP contribution in [0.3, 0.4) is 0 Å². The zero-order valence-corrected chi connectivity index (χ0v) is 19.5. The van der Waals surface area contributed by atoms with E-state index in [9.17, 15) is 0 Å². The fourth-order valence-corrected chi connectivity index (χ4v) is 4.31. The van der Waals surface area contributed by atoms with E-state index in [0.717, 1.165) is 16.8 Å². The van der Waals surface area contributed by atoms with Crippen LogP contribution in [0, 0.1) is 13.8 Å². The lowest BCUT2D eigenvalue weighted by molar-refractivity contribution is 0.585. The lowest BCUT2D eigenvalue weighted by Gasteiger charge is -2.15. The number of hydrogen-bond acceptors (Lipinski definition) is 7. The topological polar surface area (TPSA) is 93.2 Å². The maximum absolute atomic E-state index is 6.74. The second-order valence-electron chi connectivity index (χ2n) is 7.46. The summed E-state index contributed by atoms with van der Waals surface area (Å²) < 4.78 is 7.62. The quantitative estimate of drug-likeness (QED) is 0.311. The maximum Gasteiger partial charge on any atom is 0.315 e. The van der Waals surface area contributed by atoms with Crippen molar-refractivity contribution in [2.24, 2.45) is 0 Å². The van der Waals surface area contributed by atoms with E-state index in [0.29, 0.717) is 38.5 Å². The molecule has 0 saturated heterocycles. The fourth-order valence-electron chi connectivity index (χ4n) is 3.73. The Morgan fingerprint density at radius 3 is 2.55 bits per heavy atom. The molecule has 5 aromatic rings. The summed E-state index contributed by atoms with van der Waals surface area (Å²) in [5, 5.41) is 15.4. The van der Waals surface area contributed by atoms with Gasteiger partial charge in [0.05, 0.1) is 10.6 Å². The first-order valence-electron chi connectivity index (χ1n) is 10.1. The van der Waals surface area contributed by atoms with Gasteiger partial charge in [-0.05, 0) is 43.2 Å². The van der Waals surface area contributed by atoms with Crippen molar-refractivity contribution in [3.63, 3.8) is 0 Å². The van der Waals surface area contributed by atoms with Crippen molar-refractivity contribution in [2.45, 2.75) is 13.8 Å². The molecule has 5 rings (SSSR count). The van der Waals surface area contributed by atoms with E-state index in [1.807, 2.05) is 22.7 Å². The summed E-state index contributed by atoms with van der Waals surface area (Å²) in [5.41, 5.74) is 4.92. The van der Waals surface area contributed by atoms with E-state index in [1.54, 1.807) is 25.4 Å². The monoisotopic (exact) mass is 479 g/mol. The molecule has 2 aromatic carbocycles. The lowest BCUT2D eigenvalue weighted by atomic mass is 10.0. The normalized spacial score (nSPS) is 11.2. The summed E-state index contributed by atoms with van der Waals surface area (Å²) in [6.45, 7) is 4.10. The zero-order valence-electron chi connectivity index (χ0n) is 18.0. The first-order valence-corrected chi connectivity index (χ1v) is 10.9. The van der Waals surface area contributed by atoms with Crippen LogP contribution in [0.15, 0.2) is 53.2 Å². The Morgan fingerprint density at radius 2 is 1.82 bits per heavy atom. The van der Waals surface area contributed by atoms with Crippen molar-refractivity contribution >= 4 is 46.5 Å². The Kier molecular flexibility index (Phi) is 5.39. The van der Waals surface area contributed by atoms with Crippen LogP contribution in [-0.4, -0.2) is 31.6 Å². The highest BCUT2D eigenvalue weighted by Crippen LogP contribution is 2.43. The third kappa shape index (κ3) is 3.77. The summed E-state index contributed by atoms with van der Waals surface area (Å²) in [6, 6.07) is 11.6. The van der Waals surface area contributed by atoms with Crippen LogP contribution in [0.25, 0.3) is 28.5 Å². The molecule has 0 spiro atoms. The fraction of sp³-hybridized carbons (Fsp3) is 0.130. The Labute approximate surface area is 199 Å². The first-order chi connectivity index (χ1) is 16.0. The van der Waals surface area contributed by atoms with Crippen LogP contribution in [0.2, 0.25) is 10.0 Å². The van der Waals surface area contributed by atoms with Crippen molar-refractivity contribution in [1.29, 1.82) is 0 Å². The molecule has 8 nitrogen and oxygen atoms in total. The summed E-state index contributed by atoms with van der Waals surface area (Å²) >= 11 is 13.1. The number of aromatic nitrogens is 5. The Morgan fingerprint density at radius 1 is 1.03 bits per heavy atom. The minimum absolute atomic E-state index is 0.266. The number of benzene rings is 2. The average molecular weight is 480 g/mol. The van der Waals surface area contributed by atoms with Crippen LogP contribution in [0.5, 0.6) is 0 Å². The van der Waals surface area contributed by atoms with Crippen molar-refractivity contribution in [3.05, 3.63) is 70.0 Å².